The van der Waals surface area contributed by atoms with Gasteiger partial charge in [0.05, 0.1) is 11.1 Å². The molecule has 0 fully saturated rings. The van der Waals surface area contributed by atoms with Gasteiger partial charge >= 0.3 is 0 Å². The molecule has 2 N–H and O–H groups in total. The third-order valence-corrected chi connectivity index (χ3v) is 4.11. The van der Waals surface area contributed by atoms with Gasteiger partial charge in [-0.15, -0.1) is 11.3 Å². The zero-order valence-corrected chi connectivity index (χ0v) is 13.0. The molecule has 1 aromatic heterocycles. The van der Waals surface area contributed by atoms with E-state index < -0.39 is 0 Å². The summed E-state index contributed by atoms with van der Waals surface area (Å²) >= 11 is 1.24. The van der Waals surface area contributed by atoms with Gasteiger partial charge in [-0.25, -0.2) is 4.39 Å². The van der Waals surface area contributed by atoms with Crippen LogP contribution >= 0.6 is 11.3 Å². The molecule has 20 heavy (non-hydrogen) atoms. The Morgan fingerprint density at radius 3 is 2.60 bits per heavy atom. The van der Waals surface area contributed by atoms with Crippen molar-refractivity contribution in [3.8, 4) is 0 Å². The Labute approximate surface area is 122 Å². The molecule has 0 saturated heterocycles. The monoisotopic (exact) mass is 294 g/mol. The second kappa shape index (κ2) is 5.05. The summed E-state index contributed by atoms with van der Waals surface area (Å²) < 4.78 is 14.5. The summed E-state index contributed by atoms with van der Waals surface area (Å²) in [5.74, 6) is -0.535. The highest BCUT2D eigenvalue weighted by atomic mass is 32.1. The Bertz CT molecular complexity index is 658. The SMILES string of the molecule is CN(CC(C)(C)C)C(=O)c1sc2cccc(F)c2c1N. The second-order valence-electron chi connectivity index (χ2n) is 6.18. The summed E-state index contributed by atoms with van der Waals surface area (Å²) in [6, 6.07) is 4.76. The van der Waals surface area contributed by atoms with Crippen LogP contribution in [0.5, 0.6) is 0 Å². The smallest absolute Gasteiger partial charge is 0.265 e. The van der Waals surface area contributed by atoms with E-state index in [1.165, 1.54) is 17.4 Å². The first kappa shape index (κ1) is 14.8. The van der Waals surface area contributed by atoms with Crippen LogP contribution in [0.2, 0.25) is 0 Å². The van der Waals surface area contributed by atoms with Gasteiger partial charge in [0.1, 0.15) is 10.7 Å². The van der Waals surface area contributed by atoms with E-state index in [-0.39, 0.29) is 22.8 Å². The van der Waals surface area contributed by atoms with Crippen molar-refractivity contribution in [3.05, 3.63) is 28.9 Å². The van der Waals surface area contributed by atoms with E-state index in [2.05, 4.69) is 20.8 Å². The molecular weight excluding hydrogens is 275 g/mol. The third-order valence-electron chi connectivity index (χ3n) is 2.95. The summed E-state index contributed by atoms with van der Waals surface area (Å²) in [5.41, 5.74) is 6.21. The standard InChI is InChI=1S/C15H19FN2OS/c1-15(2,3)8-18(4)14(19)13-12(17)11-9(16)6-5-7-10(11)20-13/h5-7H,8,17H2,1-4H3. The molecule has 0 saturated carbocycles. The minimum Gasteiger partial charge on any atom is -0.397 e. The third kappa shape index (κ3) is 2.77. The summed E-state index contributed by atoms with van der Waals surface area (Å²) in [5, 5.41) is 0.352. The maximum Gasteiger partial charge on any atom is 0.265 e. The molecular formula is C15H19FN2OS. The number of rotatable bonds is 2. The van der Waals surface area contributed by atoms with Crippen LogP contribution in [-0.4, -0.2) is 24.4 Å². The number of halogens is 1. The number of hydrogen-bond acceptors (Lipinski definition) is 3. The number of nitrogens with zero attached hydrogens (tertiary/aromatic N) is 1. The number of benzene rings is 1. The fourth-order valence-electron chi connectivity index (χ4n) is 2.24. The number of hydrogen-bond donors (Lipinski definition) is 1. The van der Waals surface area contributed by atoms with Crippen LogP contribution < -0.4 is 5.73 Å². The zero-order chi connectivity index (χ0) is 15.1. The van der Waals surface area contributed by atoms with Crippen molar-refractivity contribution < 1.29 is 9.18 Å². The molecule has 1 aromatic carbocycles. The van der Waals surface area contributed by atoms with Gasteiger partial charge in [0.15, 0.2) is 0 Å². The lowest BCUT2D eigenvalue weighted by molar-refractivity contribution is 0.0751. The molecule has 0 atom stereocenters. The molecule has 2 rings (SSSR count). The Balaban J connectivity index is 2.41. The first-order chi connectivity index (χ1) is 9.20. The van der Waals surface area contributed by atoms with Crippen molar-refractivity contribution in [2.75, 3.05) is 19.3 Å². The van der Waals surface area contributed by atoms with Crippen molar-refractivity contribution in [2.24, 2.45) is 5.41 Å². The van der Waals surface area contributed by atoms with Crippen LogP contribution in [0.1, 0.15) is 30.4 Å². The number of amides is 1. The molecule has 0 radical (unpaired) electrons. The lowest BCUT2D eigenvalue weighted by atomic mass is 9.96. The van der Waals surface area contributed by atoms with E-state index in [0.29, 0.717) is 21.5 Å². The molecule has 3 nitrogen and oxygen atoms in total. The Kier molecular flexibility index (Phi) is 3.73. The molecule has 1 amide bonds. The van der Waals surface area contributed by atoms with Gasteiger partial charge in [0, 0.05) is 18.3 Å². The van der Waals surface area contributed by atoms with E-state index >= 15 is 0 Å². The van der Waals surface area contributed by atoms with Crippen LogP contribution in [0.4, 0.5) is 10.1 Å². The predicted molar refractivity (Wildman–Crippen MR) is 82.6 cm³/mol. The number of carbonyl (C=O) groups is 1. The van der Waals surface area contributed by atoms with Gasteiger partial charge in [-0.2, -0.15) is 0 Å². The molecule has 108 valence electrons. The lowest BCUT2D eigenvalue weighted by Crippen LogP contribution is -2.34. The minimum absolute atomic E-state index is 0.00110. The molecule has 0 aliphatic carbocycles. The highest BCUT2D eigenvalue weighted by molar-refractivity contribution is 7.21. The number of fused-ring (bicyclic) bond motifs is 1. The van der Waals surface area contributed by atoms with Gasteiger partial charge in [0.2, 0.25) is 0 Å². The summed E-state index contributed by atoms with van der Waals surface area (Å²) in [6.07, 6.45) is 0. The normalized spacial score (nSPS) is 11.8. The summed E-state index contributed by atoms with van der Waals surface area (Å²) in [6.45, 7) is 6.79. The molecule has 0 spiro atoms. The van der Waals surface area contributed by atoms with Gasteiger partial charge in [-0.1, -0.05) is 26.8 Å². The summed E-state index contributed by atoms with van der Waals surface area (Å²) in [4.78, 5) is 14.5. The number of nitrogens with two attached hydrogens (primary N) is 1. The Morgan fingerprint density at radius 2 is 2.05 bits per heavy atom. The predicted octanol–water partition coefficient (Wildman–Crippen LogP) is 3.74. The zero-order valence-electron chi connectivity index (χ0n) is 12.2. The highest BCUT2D eigenvalue weighted by Crippen LogP contribution is 2.36. The van der Waals surface area contributed by atoms with E-state index in [4.69, 9.17) is 5.73 Å². The van der Waals surface area contributed by atoms with Gasteiger partial charge in [-0.3, -0.25) is 4.79 Å². The van der Waals surface area contributed by atoms with Gasteiger partial charge in [-0.05, 0) is 17.5 Å². The summed E-state index contributed by atoms with van der Waals surface area (Å²) in [7, 11) is 1.74. The van der Waals surface area contributed by atoms with Crippen molar-refractivity contribution in [1.29, 1.82) is 0 Å². The van der Waals surface area contributed by atoms with Crippen molar-refractivity contribution >= 4 is 33.0 Å². The number of nitrogen functional groups attached to an aromatic ring is 1. The van der Waals surface area contributed by atoms with Crippen LogP contribution in [0.25, 0.3) is 10.1 Å². The number of thiophene rings is 1. The quantitative estimate of drug-likeness (QED) is 0.917. The van der Waals surface area contributed by atoms with Crippen LogP contribution in [0.3, 0.4) is 0 Å². The number of anilines is 1. The van der Waals surface area contributed by atoms with Crippen molar-refractivity contribution in [3.63, 3.8) is 0 Å². The van der Waals surface area contributed by atoms with E-state index in [1.807, 2.05) is 0 Å². The second-order valence-corrected chi connectivity index (χ2v) is 7.23. The first-order valence-corrected chi connectivity index (χ1v) is 7.24. The van der Waals surface area contributed by atoms with Crippen LogP contribution in [0, 0.1) is 11.2 Å². The molecule has 0 aliphatic rings. The van der Waals surface area contributed by atoms with Crippen molar-refractivity contribution in [1.82, 2.24) is 4.90 Å². The topological polar surface area (TPSA) is 46.3 Å². The Hall–Kier alpha value is -1.62. The van der Waals surface area contributed by atoms with E-state index in [9.17, 15) is 9.18 Å². The maximum absolute atomic E-state index is 13.8. The maximum atomic E-state index is 13.8. The van der Waals surface area contributed by atoms with Crippen LogP contribution in [0.15, 0.2) is 18.2 Å². The van der Waals surface area contributed by atoms with Crippen LogP contribution in [-0.2, 0) is 0 Å². The molecule has 1 heterocycles. The minimum atomic E-state index is -0.381. The molecule has 0 aliphatic heterocycles. The average molecular weight is 294 g/mol. The molecule has 5 heteroatoms. The van der Waals surface area contributed by atoms with Gasteiger partial charge < -0.3 is 10.6 Å². The highest BCUT2D eigenvalue weighted by Gasteiger charge is 2.24. The largest absolute Gasteiger partial charge is 0.397 e. The first-order valence-electron chi connectivity index (χ1n) is 6.42. The van der Waals surface area contributed by atoms with E-state index in [1.54, 1.807) is 24.1 Å². The number of carbonyl (C=O) groups excluding carboxylic acids is 1. The Morgan fingerprint density at radius 1 is 1.40 bits per heavy atom. The molecule has 0 bridgehead atoms. The lowest BCUT2D eigenvalue weighted by Gasteiger charge is -2.26. The molecule has 0 unspecified atom stereocenters. The van der Waals surface area contributed by atoms with Crippen molar-refractivity contribution in [2.45, 2.75) is 20.8 Å². The van der Waals surface area contributed by atoms with Gasteiger partial charge in [0.25, 0.3) is 5.91 Å². The van der Waals surface area contributed by atoms with E-state index in [0.717, 1.165) is 0 Å². The molecule has 2 aromatic rings. The average Bonchev–Trinajstić information content (AvgIpc) is 2.65. The fourth-order valence-corrected chi connectivity index (χ4v) is 3.38. The fraction of sp³-hybridized carbons (Fsp3) is 0.400.